The fourth-order valence-electron chi connectivity index (χ4n) is 10.4. The molecule has 1 aromatic carbocycles. The highest BCUT2D eigenvalue weighted by Crippen LogP contribution is 2.69. The van der Waals surface area contributed by atoms with Gasteiger partial charge in [0.1, 0.15) is 0 Å². The van der Waals surface area contributed by atoms with Gasteiger partial charge in [0, 0.05) is 6.54 Å². The van der Waals surface area contributed by atoms with Crippen molar-refractivity contribution in [2.45, 2.75) is 103 Å². The molecule has 4 fully saturated rings. The fraction of sp³-hybridized carbons (Fsp3) is 0.812. The summed E-state index contributed by atoms with van der Waals surface area (Å²) in [6.45, 7) is 10.0. The Bertz CT molecular complexity index is 1060. The number of benzene rings is 1. The first-order valence-corrected chi connectivity index (χ1v) is 17.0. The molecule has 5 nitrogen and oxygen atoms in total. The third kappa shape index (κ3) is 5.01. The highest BCUT2D eigenvalue weighted by atomic mass is 32.2. The Morgan fingerprint density at radius 1 is 0.974 bits per heavy atom. The standard InChI is InChI=1S/C32H51NO4S/c1-5-24-28-19-23(34)13-16-32(28,4)27-14-17-31(3)25(11-12-26(31)29(27)30(24)35)21(2)15-18-33-38(36,37)20-22-9-7-6-8-10-22/h6-10,21,23-30,33-35H,5,11-20H2,1-4H3/t21-,23-,24-,25?,26+,27+,28+,29+,30-,31-,32-/m1/s1. The molecule has 4 saturated carbocycles. The van der Waals surface area contributed by atoms with Gasteiger partial charge in [0.25, 0.3) is 0 Å². The molecule has 6 heteroatoms. The van der Waals surface area contributed by atoms with Crippen molar-refractivity contribution < 1.29 is 18.6 Å². The van der Waals surface area contributed by atoms with Crippen LogP contribution < -0.4 is 4.72 Å². The molecular formula is C32H51NO4S. The SMILES string of the molecule is CC[C@H]1[C@@H](O)[C@@H]2[C@H](CC[C@]3(C)C([C@H](C)CCNS(=O)(=O)Cc4ccccc4)CC[C@@H]23)[C@@]2(C)CC[C@@H](O)C[C@@H]12. The van der Waals surface area contributed by atoms with Crippen LogP contribution in [0, 0.1) is 52.3 Å². The van der Waals surface area contributed by atoms with Crippen molar-refractivity contribution in [2.24, 2.45) is 52.3 Å². The van der Waals surface area contributed by atoms with Gasteiger partial charge in [-0.1, -0.05) is 64.4 Å². The summed E-state index contributed by atoms with van der Waals surface area (Å²) in [5.74, 6) is 3.20. The van der Waals surface area contributed by atoms with Crippen molar-refractivity contribution in [3.8, 4) is 0 Å². The second-order valence-electron chi connectivity index (χ2n) is 14.0. The van der Waals surface area contributed by atoms with Crippen molar-refractivity contribution in [3.05, 3.63) is 35.9 Å². The molecule has 1 unspecified atom stereocenters. The lowest BCUT2D eigenvalue weighted by Gasteiger charge is -2.64. The summed E-state index contributed by atoms with van der Waals surface area (Å²) in [6.07, 6.45) is 8.99. The number of sulfonamides is 1. The van der Waals surface area contributed by atoms with E-state index >= 15 is 0 Å². The second-order valence-corrected chi connectivity index (χ2v) is 15.8. The van der Waals surface area contributed by atoms with Crippen LogP contribution in [0.3, 0.4) is 0 Å². The fourth-order valence-corrected chi connectivity index (χ4v) is 11.6. The normalized spacial score (nSPS) is 43.6. The molecule has 0 radical (unpaired) electrons. The second kappa shape index (κ2) is 10.8. The van der Waals surface area contributed by atoms with E-state index < -0.39 is 10.0 Å². The Hall–Kier alpha value is -0.950. The lowest BCUT2D eigenvalue weighted by molar-refractivity contribution is -0.203. The van der Waals surface area contributed by atoms with E-state index in [0.717, 1.165) is 37.7 Å². The van der Waals surface area contributed by atoms with E-state index in [2.05, 4.69) is 32.4 Å². The van der Waals surface area contributed by atoms with Crippen molar-refractivity contribution in [3.63, 3.8) is 0 Å². The molecule has 0 aliphatic heterocycles. The van der Waals surface area contributed by atoms with Gasteiger partial charge >= 0.3 is 0 Å². The van der Waals surface area contributed by atoms with Crippen LogP contribution in [0.15, 0.2) is 30.3 Å². The predicted molar refractivity (Wildman–Crippen MR) is 153 cm³/mol. The number of rotatable bonds is 8. The van der Waals surface area contributed by atoms with Crippen LogP contribution in [0.5, 0.6) is 0 Å². The van der Waals surface area contributed by atoms with Crippen molar-refractivity contribution in [1.82, 2.24) is 4.72 Å². The number of hydrogen-bond donors (Lipinski definition) is 3. The first-order valence-electron chi connectivity index (χ1n) is 15.4. The highest BCUT2D eigenvalue weighted by molar-refractivity contribution is 7.88. The van der Waals surface area contributed by atoms with E-state index in [1.165, 1.54) is 25.7 Å². The molecule has 5 rings (SSSR count). The summed E-state index contributed by atoms with van der Waals surface area (Å²) in [4.78, 5) is 0. The van der Waals surface area contributed by atoms with Gasteiger partial charge in [-0.3, -0.25) is 0 Å². The maximum Gasteiger partial charge on any atom is 0.215 e. The lowest BCUT2D eigenvalue weighted by atomic mass is 9.41. The molecule has 11 atom stereocenters. The van der Waals surface area contributed by atoms with Crippen LogP contribution >= 0.6 is 0 Å². The summed E-state index contributed by atoms with van der Waals surface area (Å²) in [7, 11) is -3.35. The molecular weight excluding hydrogens is 494 g/mol. The van der Waals surface area contributed by atoms with E-state index in [0.29, 0.717) is 42.1 Å². The first kappa shape index (κ1) is 28.6. The van der Waals surface area contributed by atoms with E-state index in [4.69, 9.17) is 0 Å². The summed E-state index contributed by atoms with van der Waals surface area (Å²) in [5, 5.41) is 22.4. The molecule has 0 saturated heterocycles. The molecule has 0 heterocycles. The van der Waals surface area contributed by atoms with Crippen molar-refractivity contribution >= 4 is 10.0 Å². The number of fused-ring (bicyclic) bond motifs is 5. The van der Waals surface area contributed by atoms with Gasteiger partial charge in [-0.25, -0.2) is 13.1 Å². The minimum Gasteiger partial charge on any atom is -0.393 e. The maximum absolute atomic E-state index is 12.7. The smallest absolute Gasteiger partial charge is 0.215 e. The zero-order valence-corrected chi connectivity index (χ0v) is 24.8. The minimum atomic E-state index is -3.35. The molecule has 3 N–H and O–H groups in total. The van der Waals surface area contributed by atoms with Crippen LogP contribution in [-0.4, -0.2) is 37.4 Å². The Balaban J connectivity index is 1.26. The quantitative estimate of drug-likeness (QED) is 0.388. The topological polar surface area (TPSA) is 86.6 Å². The van der Waals surface area contributed by atoms with E-state index in [9.17, 15) is 18.6 Å². The predicted octanol–water partition coefficient (Wildman–Crippen LogP) is 5.76. The molecule has 38 heavy (non-hydrogen) atoms. The van der Waals surface area contributed by atoms with Crippen molar-refractivity contribution in [2.75, 3.05) is 6.54 Å². The zero-order chi connectivity index (χ0) is 27.3. The third-order valence-electron chi connectivity index (χ3n) is 12.3. The van der Waals surface area contributed by atoms with Crippen LogP contribution in [0.2, 0.25) is 0 Å². The monoisotopic (exact) mass is 545 g/mol. The van der Waals surface area contributed by atoms with Gasteiger partial charge in [-0.15, -0.1) is 0 Å². The Kier molecular flexibility index (Phi) is 8.12. The van der Waals surface area contributed by atoms with Crippen LogP contribution in [0.4, 0.5) is 0 Å². The molecule has 214 valence electrons. The van der Waals surface area contributed by atoms with E-state index in [1.807, 2.05) is 30.3 Å². The molecule has 0 bridgehead atoms. The van der Waals surface area contributed by atoms with E-state index in [1.54, 1.807) is 0 Å². The summed E-state index contributed by atoms with van der Waals surface area (Å²) < 4.78 is 28.2. The van der Waals surface area contributed by atoms with Crippen LogP contribution in [0.25, 0.3) is 0 Å². The van der Waals surface area contributed by atoms with Crippen molar-refractivity contribution in [1.29, 1.82) is 0 Å². The number of aliphatic hydroxyl groups is 2. The minimum absolute atomic E-state index is 0.0295. The average molecular weight is 546 g/mol. The number of hydrogen-bond acceptors (Lipinski definition) is 4. The van der Waals surface area contributed by atoms with Crippen LogP contribution in [0.1, 0.15) is 91.0 Å². The summed E-state index contributed by atoms with van der Waals surface area (Å²) >= 11 is 0. The first-order chi connectivity index (χ1) is 18.0. The van der Waals surface area contributed by atoms with Gasteiger partial charge < -0.3 is 10.2 Å². The Morgan fingerprint density at radius 2 is 1.66 bits per heavy atom. The van der Waals surface area contributed by atoms with Gasteiger partial charge in [0.2, 0.25) is 10.0 Å². The Morgan fingerprint density at radius 3 is 2.37 bits per heavy atom. The molecule has 0 aromatic heterocycles. The lowest BCUT2D eigenvalue weighted by Crippen LogP contribution is -2.62. The van der Waals surface area contributed by atoms with Gasteiger partial charge in [-0.05, 0) is 109 Å². The van der Waals surface area contributed by atoms with Crippen LogP contribution in [-0.2, 0) is 15.8 Å². The molecule has 0 spiro atoms. The van der Waals surface area contributed by atoms with Gasteiger partial charge in [0.15, 0.2) is 0 Å². The molecule has 0 amide bonds. The summed E-state index contributed by atoms with van der Waals surface area (Å²) in [5.41, 5.74) is 1.25. The zero-order valence-electron chi connectivity index (χ0n) is 24.0. The summed E-state index contributed by atoms with van der Waals surface area (Å²) in [6, 6.07) is 9.38. The molecule has 4 aliphatic rings. The van der Waals surface area contributed by atoms with Gasteiger partial charge in [0.05, 0.1) is 18.0 Å². The highest BCUT2D eigenvalue weighted by Gasteiger charge is 2.64. The van der Waals surface area contributed by atoms with E-state index in [-0.39, 0.29) is 34.7 Å². The number of nitrogens with one attached hydrogen (secondary N) is 1. The Labute approximate surface area is 231 Å². The molecule has 1 aromatic rings. The molecule has 4 aliphatic carbocycles. The average Bonchev–Trinajstić information content (AvgIpc) is 3.23. The maximum atomic E-state index is 12.7. The van der Waals surface area contributed by atoms with Gasteiger partial charge in [-0.2, -0.15) is 0 Å². The number of aliphatic hydroxyl groups excluding tert-OH is 2. The largest absolute Gasteiger partial charge is 0.393 e. The third-order valence-corrected chi connectivity index (χ3v) is 13.6.